The summed E-state index contributed by atoms with van der Waals surface area (Å²) in [6.07, 6.45) is 0.137. The number of fused-ring (bicyclic) bond motifs is 1. The number of ketones is 1. The molecule has 0 aliphatic carbocycles. The molecule has 0 unspecified atom stereocenters. The quantitative estimate of drug-likeness (QED) is 0.471. The zero-order valence-electron chi connectivity index (χ0n) is 17.1. The number of methoxy groups -OCH3 is 2. The molecule has 2 aromatic rings. The molecule has 1 aliphatic heterocycles. The van der Waals surface area contributed by atoms with Gasteiger partial charge in [-0.25, -0.2) is 0 Å². The van der Waals surface area contributed by atoms with E-state index in [9.17, 15) is 9.59 Å². The molecule has 0 spiro atoms. The Labute approximate surface area is 175 Å². The SMILES string of the molecule is COCCOc1cc(NC(=O)CCC(=O)c2ccc3c(c2)OCCO3)ccc1OC. The Kier molecular flexibility index (Phi) is 7.51. The van der Waals surface area contributed by atoms with Gasteiger partial charge in [0.1, 0.15) is 19.8 Å². The van der Waals surface area contributed by atoms with Gasteiger partial charge in [-0.2, -0.15) is 0 Å². The first-order chi connectivity index (χ1) is 14.6. The molecule has 0 atom stereocenters. The molecule has 1 aliphatic rings. The smallest absolute Gasteiger partial charge is 0.224 e. The number of benzene rings is 2. The first-order valence-corrected chi connectivity index (χ1v) is 9.63. The number of carbonyl (C=O) groups excluding carboxylic acids is 2. The summed E-state index contributed by atoms with van der Waals surface area (Å²) in [6.45, 7) is 1.73. The molecule has 2 aromatic carbocycles. The maximum atomic E-state index is 12.4. The van der Waals surface area contributed by atoms with E-state index in [0.717, 1.165) is 0 Å². The summed E-state index contributed by atoms with van der Waals surface area (Å²) < 4.78 is 26.8. The molecule has 8 heteroatoms. The maximum Gasteiger partial charge on any atom is 0.224 e. The van der Waals surface area contributed by atoms with Crippen LogP contribution in [0.25, 0.3) is 0 Å². The normalized spacial score (nSPS) is 12.2. The van der Waals surface area contributed by atoms with Gasteiger partial charge < -0.3 is 29.0 Å². The van der Waals surface area contributed by atoms with E-state index in [2.05, 4.69) is 5.32 Å². The Balaban J connectivity index is 1.55. The van der Waals surface area contributed by atoms with Gasteiger partial charge in [0.2, 0.25) is 5.91 Å². The van der Waals surface area contributed by atoms with Crippen LogP contribution in [-0.2, 0) is 9.53 Å². The Morgan fingerprint density at radius 1 is 0.933 bits per heavy atom. The molecule has 8 nitrogen and oxygen atoms in total. The third kappa shape index (κ3) is 5.64. The van der Waals surface area contributed by atoms with Crippen molar-refractivity contribution in [3.8, 4) is 23.0 Å². The van der Waals surface area contributed by atoms with Crippen molar-refractivity contribution in [2.45, 2.75) is 12.8 Å². The molecule has 1 heterocycles. The number of nitrogens with one attached hydrogen (secondary N) is 1. The van der Waals surface area contributed by atoms with Crippen LogP contribution in [-0.4, -0.2) is 52.3 Å². The van der Waals surface area contributed by atoms with E-state index in [1.807, 2.05) is 0 Å². The summed E-state index contributed by atoms with van der Waals surface area (Å²) in [5.74, 6) is 1.82. The molecular formula is C22H25NO7. The van der Waals surface area contributed by atoms with Crippen molar-refractivity contribution in [2.75, 3.05) is 46.0 Å². The van der Waals surface area contributed by atoms with Crippen molar-refractivity contribution in [3.05, 3.63) is 42.0 Å². The summed E-state index contributed by atoms with van der Waals surface area (Å²) in [7, 11) is 3.13. The second kappa shape index (κ2) is 10.5. The second-order valence-corrected chi connectivity index (χ2v) is 6.54. The van der Waals surface area contributed by atoms with Gasteiger partial charge in [-0.05, 0) is 30.3 Å². The minimum Gasteiger partial charge on any atom is -0.493 e. The molecule has 0 aromatic heterocycles. The van der Waals surface area contributed by atoms with Crippen molar-refractivity contribution in [2.24, 2.45) is 0 Å². The van der Waals surface area contributed by atoms with Gasteiger partial charge >= 0.3 is 0 Å². The highest BCUT2D eigenvalue weighted by atomic mass is 16.6. The Hall–Kier alpha value is -3.26. The minimum absolute atomic E-state index is 0.0547. The van der Waals surface area contributed by atoms with Gasteiger partial charge in [0, 0.05) is 37.3 Å². The van der Waals surface area contributed by atoms with Crippen LogP contribution < -0.4 is 24.3 Å². The highest BCUT2D eigenvalue weighted by Gasteiger charge is 2.16. The zero-order valence-corrected chi connectivity index (χ0v) is 17.1. The monoisotopic (exact) mass is 415 g/mol. The molecule has 0 radical (unpaired) electrons. The van der Waals surface area contributed by atoms with Gasteiger partial charge in [-0.1, -0.05) is 0 Å². The number of carbonyl (C=O) groups is 2. The Morgan fingerprint density at radius 3 is 2.50 bits per heavy atom. The number of amides is 1. The molecule has 0 saturated heterocycles. The molecule has 1 N–H and O–H groups in total. The van der Waals surface area contributed by atoms with Gasteiger partial charge in [0.25, 0.3) is 0 Å². The molecule has 0 fully saturated rings. The van der Waals surface area contributed by atoms with Crippen molar-refractivity contribution in [3.63, 3.8) is 0 Å². The van der Waals surface area contributed by atoms with Crippen LogP contribution in [0, 0.1) is 0 Å². The number of anilines is 1. The lowest BCUT2D eigenvalue weighted by Gasteiger charge is -2.18. The first-order valence-electron chi connectivity index (χ1n) is 9.63. The van der Waals surface area contributed by atoms with Crippen LogP contribution in [0.1, 0.15) is 23.2 Å². The predicted octanol–water partition coefficient (Wildman–Crippen LogP) is 3.09. The van der Waals surface area contributed by atoms with Crippen molar-refractivity contribution >= 4 is 17.4 Å². The molecule has 0 saturated carbocycles. The van der Waals surface area contributed by atoms with Gasteiger partial charge in [0.15, 0.2) is 28.8 Å². The zero-order chi connectivity index (χ0) is 21.3. The summed E-state index contributed by atoms with van der Waals surface area (Å²) >= 11 is 0. The van der Waals surface area contributed by atoms with Gasteiger partial charge in [-0.15, -0.1) is 0 Å². The van der Waals surface area contributed by atoms with Crippen LogP contribution >= 0.6 is 0 Å². The second-order valence-electron chi connectivity index (χ2n) is 6.54. The number of Topliss-reactive ketones (excluding diaryl/α,β-unsaturated/α-hetero) is 1. The van der Waals surface area contributed by atoms with Crippen molar-refractivity contribution in [1.29, 1.82) is 0 Å². The van der Waals surface area contributed by atoms with Gasteiger partial charge in [-0.3, -0.25) is 9.59 Å². The highest BCUT2D eigenvalue weighted by Crippen LogP contribution is 2.32. The molecular weight excluding hydrogens is 390 g/mol. The number of rotatable bonds is 10. The van der Waals surface area contributed by atoms with Gasteiger partial charge in [0.05, 0.1) is 13.7 Å². The van der Waals surface area contributed by atoms with Crippen LogP contribution in [0.4, 0.5) is 5.69 Å². The fourth-order valence-corrected chi connectivity index (χ4v) is 2.91. The number of hydrogen-bond donors (Lipinski definition) is 1. The van der Waals surface area contributed by atoms with E-state index in [4.69, 9.17) is 23.7 Å². The van der Waals surface area contributed by atoms with E-state index < -0.39 is 0 Å². The van der Waals surface area contributed by atoms with Crippen LogP contribution in [0.2, 0.25) is 0 Å². The fraction of sp³-hybridized carbons (Fsp3) is 0.364. The maximum absolute atomic E-state index is 12.4. The van der Waals surface area contributed by atoms with E-state index in [-0.39, 0.29) is 24.5 Å². The summed E-state index contributed by atoms with van der Waals surface area (Å²) in [5.41, 5.74) is 1.05. The van der Waals surface area contributed by atoms with E-state index >= 15 is 0 Å². The summed E-state index contributed by atoms with van der Waals surface area (Å²) in [6, 6.07) is 10.1. The standard InChI is InChI=1S/C22H25NO7/c1-26-9-10-29-21-14-16(4-7-18(21)27-2)23-22(25)8-5-17(24)15-3-6-19-20(13-15)30-12-11-28-19/h3-4,6-7,13-14H,5,8-12H2,1-2H3,(H,23,25). The molecule has 0 bridgehead atoms. The first kappa shape index (κ1) is 21.4. The topological polar surface area (TPSA) is 92.3 Å². The molecule has 1 amide bonds. The molecule has 160 valence electrons. The average Bonchev–Trinajstić information content (AvgIpc) is 2.77. The number of hydrogen-bond acceptors (Lipinski definition) is 7. The third-order valence-corrected chi connectivity index (χ3v) is 4.44. The van der Waals surface area contributed by atoms with Crippen molar-refractivity contribution in [1.82, 2.24) is 0 Å². The lowest BCUT2D eigenvalue weighted by atomic mass is 10.1. The largest absolute Gasteiger partial charge is 0.493 e. The number of ether oxygens (including phenoxy) is 5. The highest BCUT2D eigenvalue weighted by molar-refractivity contribution is 6.00. The third-order valence-electron chi connectivity index (χ3n) is 4.44. The lowest BCUT2D eigenvalue weighted by Crippen LogP contribution is -2.16. The predicted molar refractivity (Wildman–Crippen MR) is 110 cm³/mol. The van der Waals surface area contributed by atoms with Crippen LogP contribution in [0.3, 0.4) is 0 Å². The average molecular weight is 415 g/mol. The Bertz CT molecular complexity index is 897. The van der Waals surface area contributed by atoms with E-state index in [1.165, 1.54) is 0 Å². The Morgan fingerprint density at radius 2 is 1.73 bits per heavy atom. The van der Waals surface area contributed by atoms with E-state index in [0.29, 0.717) is 60.7 Å². The summed E-state index contributed by atoms with van der Waals surface area (Å²) in [4.78, 5) is 24.8. The van der Waals surface area contributed by atoms with Crippen LogP contribution in [0.5, 0.6) is 23.0 Å². The van der Waals surface area contributed by atoms with Crippen molar-refractivity contribution < 1.29 is 33.3 Å². The summed E-state index contributed by atoms with van der Waals surface area (Å²) in [5, 5.41) is 2.78. The molecule has 30 heavy (non-hydrogen) atoms. The lowest BCUT2D eigenvalue weighted by molar-refractivity contribution is -0.116. The molecule has 3 rings (SSSR count). The van der Waals surface area contributed by atoms with E-state index in [1.54, 1.807) is 50.6 Å². The minimum atomic E-state index is -0.270. The fourth-order valence-electron chi connectivity index (χ4n) is 2.91. The van der Waals surface area contributed by atoms with Crippen LogP contribution in [0.15, 0.2) is 36.4 Å².